The second-order valence-corrected chi connectivity index (χ2v) is 19.1. The van der Waals surface area contributed by atoms with Gasteiger partial charge in [-0.15, -0.1) is 0 Å². The number of allylic oxidation sites excluding steroid dienone is 6. The van der Waals surface area contributed by atoms with E-state index >= 15 is 0 Å². The van der Waals surface area contributed by atoms with Crippen molar-refractivity contribution in [1.29, 1.82) is 0 Å². The minimum absolute atomic E-state index is 0.0622. The molecule has 0 aromatic carbocycles. The zero-order chi connectivity index (χ0) is 45.9. The van der Waals surface area contributed by atoms with Crippen molar-refractivity contribution in [1.82, 2.24) is 4.90 Å². The number of hydrogen-bond donors (Lipinski definition) is 4. The number of hydrogen-bond acceptors (Lipinski definition) is 12. The SMILES string of the molecule is CO[C@@H]1C[C@@H](C[C@H](C)[C@@H]2CC(=O)[C@@H](C)/C=C(\C)C(O)CC(=O)[C@H](C)C[C@H](C)/C=C/C=C/C=C(\C)[C@H](O)C[C@@H]3CC[C@@H](C)[C@@](O)(O3)C(=O)C(=O)N3CCCC[C@H]3C(=O)O2)CC[C@H]1O. The number of Topliss-reactive ketones (excluding diaryl/α,β-unsaturated/α-hetero) is 3. The summed E-state index contributed by atoms with van der Waals surface area (Å²) in [5, 5.41) is 44.4. The van der Waals surface area contributed by atoms with E-state index in [1.807, 2.05) is 39.0 Å². The molecule has 2 bridgehead atoms. The number of methoxy groups -OCH3 is 1. The fourth-order valence-corrected chi connectivity index (χ4v) is 9.51. The summed E-state index contributed by atoms with van der Waals surface area (Å²) in [6, 6.07) is -1.14. The molecule has 2 saturated heterocycles. The summed E-state index contributed by atoms with van der Waals surface area (Å²) in [4.78, 5) is 70.8. The molecule has 13 heteroatoms. The minimum atomic E-state index is -2.47. The van der Waals surface area contributed by atoms with E-state index < -0.39 is 71.8 Å². The normalized spacial score (nSPS) is 40.6. The van der Waals surface area contributed by atoms with Crippen LogP contribution >= 0.6 is 0 Å². The maximum absolute atomic E-state index is 14.3. The molecule has 3 aliphatic heterocycles. The largest absolute Gasteiger partial charge is 0.460 e. The lowest BCUT2D eigenvalue weighted by Gasteiger charge is -2.42. The van der Waals surface area contributed by atoms with E-state index in [0.29, 0.717) is 62.5 Å². The Hall–Kier alpha value is -3.33. The third kappa shape index (κ3) is 13.8. The quantitative estimate of drug-likeness (QED) is 0.149. The van der Waals surface area contributed by atoms with Crippen LogP contribution in [0, 0.1) is 35.5 Å². The molecule has 4 N–H and O–H groups in total. The predicted molar refractivity (Wildman–Crippen MR) is 234 cm³/mol. The molecule has 0 radical (unpaired) electrons. The molecule has 62 heavy (non-hydrogen) atoms. The van der Waals surface area contributed by atoms with Gasteiger partial charge in [0.25, 0.3) is 11.7 Å². The second-order valence-electron chi connectivity index (χ2n) is 19.1. The number of aliphatic hydroxyl groups excluding tert-OH is 3. The smallest absolute Gasteiger partial charge is 0.329 e. The number of aliphatic hydroxyl groups is 4. The van der Waals surface area contributed by atoms with Gasteiger partial charge < -0.3 is 39.5 Å². The number of cyclic esters (lactones) is 1. The number of fused-ring (bicyclic) bond motifs is 3. The molecule has 1 saturated carbocycles. The predicted octanol–water partition coefficient (Wildman–Crippen LogP) is 5.90. The third-order valence-electron chi connectivity index (χ3n) is 13.9. The molecular weight excluding hydrogens is 795 g/mol. The highest BCUT2D eigenvalue weighted by Gasteiger charge is 2.53. The van der Waals surface area contributed by atoms with E-state index in [1.54, 1.807) is 53.0 Å². The van der Waals surface area contributed by atoms with Crippen LogP contribution in [0.2, 0.25) is 0 Å². The van der Waals surface area contributed by atoms with Crippen molar-refractivity contribution in [3.05, 3.63) is 47.6 Å². The fourth-order valence-electron chi connectivity index (χ4n) is 9.51. The standard InChI is InChI=1S/C49H75NO12/c1-29-14-10-9-11-15-30(2)40(52)26-37-19-17-35(7)49(59,62-37)46(56)47(57)50-21-13-12-16-38(50)48(58)61-44(34(6)24-36-18-20-39(51)45(25-36)60-8)28-43(55)33(5)23-32(4)42(54)27-41(53)31(3)22-29/h9-11,14-15,23,29,31,33-40,42,44-45,51-52,54,59H,12-13,16-22,24-28H2,1-8H3/b11-9+,14-10+,30-15+,32-23+/t29-,31-,33+,34+,35-,36-,37+,38+,39-,40-,42?,44+,45-,49-/m1/s1. The number of esters is 1. The highest BCUT2D eigenvalue weighted by atomic mass is 16.6. The van der Waals surface area contributed by atoms with Crippen molar-refractivity contribution < 1.29 is 58.6 Å². The first-order valence-electron chi connectivity index (χ1n) is 23.0. The number of amides is 1. The average Bonchev–Trinajstić information content (AvgIpc) is 3.23. The Morgan fingerprint density at radius 3 is 2.27 bits per heavy atom. The van der Waals surface area contributed by atoms with Gasteiger partial charge in [0.15, 0.2) is 0 Å². The van der Waals surface area contributed by atoms with Crippen molar-refractivity contribution in [3.8, 4) is 0 Å². The lowest BCUT2D eigenvalue weighted by Crippen LogP contribution is -2.61. The Morgan fingerprint density at radius 1 is 0.839 bits per heavy atom. The Labute approximate surface area is 369 Å². The van der Waals surface area contributed by atoms with Crippen molar-refractivity contribution in [2.75, 3.05) is 13.7 Å². The van der Waals surface area contributed by atoms with Crippen LogP contribution < -0.4 is 0 Å². The van der Waals surface area contributed by atoms with E-state index in [9.17, 15) is 44.4 Å². The van der Waals surface area contributed by atoms with Crippen LogP contribution in [0.1, 0.15) is 132 Å². The molecule has 14 atom stereocenters. The highest BCUT2D eigenvalue weighted by molar-refractivity contribution is 6.39. The molecule has 3 fully saturated rings. The number of nitrogens with zero attached hydrogens (tertiary/aromatic N) is 1. The summed E-state index contributed by atoms with van der Waals surface area (Å²) in [5.41, 5.74) is 1.12. The first kappa shape index (κ1) is 51.3. The summed E-state index contributed by atoms with van der Waals surface area (Å²) in [7, 11) is 1.56. The van der Waals surface area contributed by atoms with Gasteiger partial charge in [0.2, 0.25) is 5.79 Å². The fraction of sp³-hybridized carbons (Fsp3) is 0.735. The monoisotopic (exact) mass is 870 g/mol. The van der Waals surface area contributed by atoms with Crippen molar-refractivity contribution >= 4 is 29.2 Å². The van der Waals surface area contributed by atoms with Crippen LogP contribution in [0.15, 0.2) is 47.6 Å². The maximum Gasteiger partial charge on any atom is 0.329 e. The molecule has 0 aromatic rings. The van der Waals surface area contributed by atoms with Crippen LogP contribution in [0.25, 0.3) is 0 Å². The van der Waals surface area contributed by atoms with E-state index in [2.05, 4.69) is 0 Å². The summed E-state index contributed by atoms with van der Waals surface area (Å²) < 4.78 is 17.8. The Morgan fingerprint density at radius 2 is 1.56 bits per heavy atom. The van der Waals surface area contributed by atoms with Gasteiger partial charge in [-0.05, 0) is 107 Å². The number of carbonyl (C=O) groups is 5. The van der Waals surface area contributed by atoms with Gasteiger partial charge in [-0.2, -0.15) is 0 Å². The highest BCUT2D eigenvalue weighted by Crippen LogP contribution is 2.37. The molecule has 0 spiro atoms. The maximum atomic E-state index is 14.3. The van der Waals surface area contributed by atoms with Crippen molar-refractivity contribution in [2.45, 2.75) is 180 Å². The number of piperidine rings is 1. The molecule has 13 nitrogen and oxygen atoms in total. The van der Waals surface area contributed by atoms with Crippen molar-refractivity contribution in [2.24, 2.45) is 35.5 Å². The third-order valence-corrected chi connectivity index (χ3v) is 13.9. The summed E-state index contributed by atoms with van der Waals surface area (Å²) >= 11 is 0. The molecule has 1 aliphatic carbocycles. The first-order chi connectivity index (χ1) is 29.2. The van der Waals surface area contributed by atoms with Gasteiger partial charge in [0, 0.05) is 50.7 Å². The lowest BCUT2D eigenvalue weighted by atomic mass is 9.78. The molecule has 348 valence electrons. The molecule has 4 rings (SSSR count). The van der Waals surface area contributed by atoms with Crippen LogP contribution in [0.4, 0.5) is 0 Å². The van der Waals surface area contributed by atoms with Gasteiger partial charge in [-0.25, -0.2) is 4.79 Å². The molecule has 1 amide bonds. The molecular formula is C49H75NO12. The number of ether oxygens (including phenoxy) is 3. The van der Waals surface area contributed by atoms with E-state index in [4.69, 9.17) is 14.2 Å². The number of carbonyl (C=O) groups excluding carboxylic acids is 5. The topological polar surface area (TPSA) is 197 Å². The van der Waals surface area contributed by atoms with E-state index in [0.717, 1.165) is 6.42 Å². The van der Waals surface area contributed by atoms with Crippen LogP contribution in [0.5, 0.6) is 0 Å². The van der Waals surface area contributed by atoms with E-state index in [-0.39, 0.29) is 73.6 Å². The number of rotatable bonds is 4. The van der Waals surface area contributed by atoms with Crippen LogP contribution in [0.3, 0.4) is 0 Å². The van der Waals surface area contributed by atoms with Gasteiger partial charge in [0.1, 0.15) is 23.7 Å². The average molecular weight is 870 g/mol. The molecule has 0 aromatic heterocycles. The Bertz CT molecular complexity index is 1690. The van der Waals surface area contributed by atoms with Crippen molar-refractivity contribution in [3.63, 3.8) is 0 Å². The van der Waals surface area contributed by atoms with Crippen LogP contribution in [-0.2, 0) is 38.2 Å². The van der Waals surface area contributed by atoms with E-state index in [1.165, 1.54) is 4.90 Å². The van der Waals surface area contributed by atoms with Gasteiger partial charge in [0.05, 0.1) is 30.5 Å². The van der Waals surface area contributed by atoms with Gasteiger partial charge in [-0.3, -0.25) is 19.2 Å². The van der Waals surface area contributed by atoms with Crippen LogP contribution in [-0.4, -0.2) is 117 Å². The zero-order valence-electron chi connectivity index (χ0n) is 38.4. The Balaban J connectivity index is 1.66. The Kier molecular flexibility index (Phi) is 19.5. The van der Waals surface area contributed by atoms with Gasteiger partial charge in [-0.1, -0.05) is 71.1 Å². The molecule has 4 aliphatic rings. The first-order valence-corrected chi connectivity index (χ1v) is 23.0. The second kappa shape index (κ2) is 23.6. The van der Waals surface area contributed by atoms with Gasteiger partial charge >= 0.3 is 5.97 Å². The summed E-state index contributed by atoms with van der Waals surface area (Å²) in [6.07, 6.45) is 11.3. The zero-order valence-corrected chi connectivity index (χ0v) is 38.4. The number of ketones is 3. The summed E-state index contributed by atoms with van der Waals surface area (Å²) in [6.45, 7) is 12.6. The molecule has 3 heterocycles. The molecule has 1 unspecified atom stereocenters. The lowest BCUT2D eigenvalue weighted by molar-refractivity contribution is -0.265. The minimum Gasteiger partial charge on any atom is -0.460 e. The summed E-state index contributed by atoms with van der Waals surface area (Å²) in [5.74, 6) is -7.65.